The molecule has 1 N–H and O–H groups in total. The van der Waals surface area contributed by atoms with E-state index >= 15 is 0 Å². The van der Waals surface area contributed by atoms with Gasteiger partial charge in [0.15, 0.2) is 0 Å². The van der Waals surface area contributed by atoms with Crippen molar-refractivity contribution < 1.29 is 9.66 Å². The standard InChI is InChI=1S/C14H15N3O3/c1-2-20-13-8-4-3-6-11(13)10-16-14-12(17(18)19)7-5-9-15-14/h3-9H,2,10H2,1H3,(H,15,16). The molecule has 0 saturated carbocycles. The number of aromatic nitrogens is 1. The predicted octanol–water partition coefficient (Wildman–Crippen LogP) is 3.00. The van der Waals surface area contributed by atoms with Crippen LogP contribution in [0.15, 0.2) is 42.6 Å². The summed E-state index contributed by atoms with van der Waals surface area (Å²) in [7, 11) is 0. The first-order valence-electron chi connectivity index (χ1n) is 6.26. The van der Waals surface area contributed by atoms with E-state index in [0.717, 1.165) is 11.3 Å². The van der Waals surface area contributed by atoms with Crippen LogP contribution in [0.3, 0.4) is 0 Å². The SMILES string of the molecule is CCOc1ccccc1CNc1ncccc1[N+](=O)[O-]. The van der Waals surface area contributed by atoms with E-state index in [2.05, 4.69) is 10.3 Å². The molecule has 2 rings (SSSR count). The number of nitro groups is 1. The van der Waals surface area contributed by atoms with Crippen LogP contribution >= 0.6 is 0 Å². The Bertz CT molecular complexity index is 602. The van der Waals surface area contributed by atoms with Crippen molar-refractivity contribution in [2.45, 2.75) is 13.5 Å². The number of pyridine rings is 1. The highest BCUT2D eigenvalue weighted by Crippen LogP contribution is 2.23. The predicted molar refractivity (Wildman–Crippen MR) is 75.8 cm³/mol. The van der Waals surface area contributed by atoms with E-state index < -0.39 is 4.92 Å². The second-order valence-electron chi connectivity index (χ2n) is 4.02. The molecule has 0 aliphatic carbocycles. The fraction of sp³-hybridized carbons (Fsp3) is 0.214. The number of nitrogens with one attached hydrogen (secondary N) is 1. The summed E-state index contributed by atoms with van der Waals surface area (Å²) in [5, 5.41) is 13.9. The molecular weight excluding hydrogens is 258 g/mol. The van der Waals surface area contributed by atoms with E-state index in [-0.39, 0.29) is 11.5 Å². The van der Waals surface area contributed by atoms with Crippen LogP contribution < -0.4 is 10.1 Å². The van der Waals surface area contributed by atoms with Crippen molar-refractivity contribution >= 4 is 11.5 Å². The highest BCUT2D eigenvalue weighted by molar-refractivity contribution is 5.55. The van der Waals surface area contributed by atoms with Crippen molar-refractivity contribution in [3.8, 4) is 5.75 Å². The Balaban J connectivity index is 2.15. The summed E-state index contributed by atoms with van der Waals surface area (Å²) in [4.78, 5) is 14.4. The zero-order valence-electron chi connectivity index (χ0n) is 11.1. The van der Waals surface area contributed by atoms with Crippen LogP contribution in [0.25, 0.3) is 0 Å². The molecule has 6 heteroatoms. The van der Waals surface area contributed by atoms with Crippen LogP contribution in [0.1, 0.15) is 12.5 Å². The fourth-order valence-electron chi connectivity index (χ4n) is 1.81. The van der Waals surface area contributed by atoms with E-state index in [1.807, 2.05) is 31.2 Å². The molecule has 0 amide bonds. The zero-order chi connectivity index (χ0) is 14.4. The minimum atomic E-state index is -0.455. The third-order valence-electron chi connectivity index (χ3n) is 2.70. The van der Waals surface area contributed by atoms with Crippen molar-refractivity contribution in [3.05, 3.63) is 58.3 Å². The molecule has 0 aliphatic rings. The molecule has 0 saturated heterocycles. The van der Waals surface area contributed by atoms with Crippen molar-refractivity contribution in [1.29, 1.82) is 0 Å². The highest BCUT2D eigenvalue weighted by Gasteiger charge is 2.14. The van der Waals surface area contributed by atoms with E-state index in [0.29, 0.717) is 13.2 Å². The van der Waals surface area contributed by atoms with Gasteiger partial charge >= 0.3 is 5.69 Å². The molecule has 20 heavy (non-hydrogen) atoms. The van der Waals surface area contributed by atoms with Gasteiger partial charge in [-0.15, -0.1) is 0 Å². The topological polar surface area (TPSA) is 77.3 Å². The molecular formula is C14H15N3O3. The van der Waals surface area contributed by atoms with Crippen LogP contribution in [-0.4, -0.2) is 16.5 Å². The lowest BCUT2D eigenvalue weighted by molar-refractivity contribution is -0.384. The molecule has 0 atom stereocenters. The number of para-hydroxylation sites is 1. The summed E-state index contributed by atoms with van der Waals surface area (Å²) < 4.78 is 5.51. The molecule has 0 bridgehead atoms. The van der Waals surface area contributed by atoms with Gasteiger partial charge in [-0.25, -0.2) is 4.98 Å². The lowest BCUT2D eigenvalue weighted by Crippen LogP contribution is -2.06. The molecule has 1 aromatic carbocycles. The third-order valence-corrected chi connectivity index (χ3v) is 2.70. The van der Waals surface area contributed by atoms with Crippen molar-refractivity contribution in [1.82, 2.24) is 4.98 Å². The molecule has 0 unspecified atom stereocenters. The lowest BCUT2D eigenvalue weighted by atomic mass is 10.2. The van der Waals surface area contributed by atoms with Crippen molar-refractivity contribution in [2.75, 3.05) is 11.9 Å². The largest absolute Gasteiger partial charge is 0.494 e. The van der Waals surface area contributed by atoms with E-state index in [4.69, 9.17) is 4.74 Å². The molecule has 1 aromatic heterocycles. The molecule has 104 valence electrons. The average molecular weight is 273 g/mol. The molecule has 0 spiro atoms. The van der Waals surface area contributed by atoms with Crippen LogP contribution in [-0.2, 0) is 6.54 Å². The number of rotatable bonds is 6. The maximum Gasteiger partial charge on any atom is 0.311 e. The Kier molecular flexibility index (Phi) is 4.49. The Hall–Kier alpha value is -2.63. The smallest absolute Gasteiger partial charge is 0.311 e. The normalized spacial score (nSPS) is 10.1. The maximum absolute atomic E-state index is 10.9. The van der Waals surface area contributed by atoms with Gasteiger partial charge < -0.3 is 10.1 Å². The number of nitrogens with zero attached hydrogens (tertiary/aromatic N) is 2. The number of hydrogen-bond donors (Lipinski definition) is 1. The number of benzene rings is 1. The first kappa shape index (κ1) is 13.8. The van der Waals surface area contributed by atoms with E-state index in [9.17, 15) is 10.1 Å². The third kappa shape index (κ3) is 3.23. The Morgan fingerprint density at radius 1 is 1.30 bits per heavy atom. The van der Waals surface area contributed by atoms with Gasteiger partial charge in [0, 0.05) is 24.4 Å². The first-order valence-corrected chi connectivity index (χ1v) is 6.26. The van der Waals surface area contributed by atoms with Gasteiger partial charge in [-0.2, -0.15) is 0 Å². The number of anilines is 1. The second kappa shape index (κ2) is 6.51. The van der Waals surface area contributed by atoms with Crippen molar-refractivity contribution in [3.63, 3.8) is 0 Å². The molecule has 1 heterocycles. The summed E-state index contributed by atoms with van der Waals surface area (Å²) in [6.45, 7) is 2.89. The Morgan fingerprint density at radius 2 is 2.10 bits per heavy atom. The van der Waals surface area contributed by atoms with Gasteiger partial charge in [-0.1, -0.05) is 18.2 Å². The average Bonchev–Trinajstić information content (AvgIpc) is 2.47. The first-order chi connectivity index (χ1) is 9.72. The second-order valence-corrected chi connectivity index (χ2v) is 4.02. The minimum Gasteiger partial charge on any atom is -0.494 e. The molecule has 2 aromatic rings. The Labute approximate surface area is 116 Å². The van der Waals surface area contributed by atoms with Crippen molar-refractivity contribution in [2.24, 2.45) is 0 Å². The Morgan fingerprint density at radius 3 is 2.85 bits per heavy atom. The van der Waals surface area contributed by atoms with E-state index in [1.54, 1.807) is 0 Å². The van der Waals surface area contributed by atoms with Gasteiger partial charge in [0.1, 0.15) is 5.75 Å². The van der Waals surface area contributed by atoms with Crippen LogP contribution in [0, 0.1) is 10.1 Å². The fourth-order valence-corrected chi connectivity index (χ4v) is 1.81. The summed E-state index contributed by atoms with van der Waals surface area (Å²) in [5.41, 5.74) is 0.885. The van der Waals surface area contributed by atoms with Crippen LogP contribution in [0.5, 0.6) is 5.75 Å². The lowest BCUT2D eigenvalue weighted by Gasteiger charge is -2.11. The zero-order valence-corrected chi connectivity index (χ0v) is 11.1. The van der Waals surface area contributed by atoms with Gasteiger partial charge in [0.25, 0.3) is 0 Å². The van der Waals surface area contributed by atoms with E-state index in [1.165, 1.54) is 18.3 Å². The minimum absolute atomic E-state index is 0.0404. The monoisotopic (exact) mass is 273 g/mol. The summed E-state index contributed by atoms with van der Waals surface area (Å²) >= 11 is 0. The summed E-state index contributed by atoms with van der Waals surface area (Å²) in [6.07, 6.45) is 1.52. The van der Waals surface area contributed by atoms with Gasteiger partial charge in [-0.05, 0) is 19.1 Å². The highest BCUT2D eigenvalue weighted by atomic mass is 16.6. The number of hydrogen-bond acceptors (Lipinski definition) is 5. The summed E-state index contributed by atoms with van der Waals surface area (Å²) in [6, 6.07) is 10.5. The van der Waals surface area contributed by atoms with Crippen LogP contribution in [0.2, 0.25) is 0 Å². The van der Waals surface area contributed by atoms with Gasteiger partial charge in [-0.3, -0.25) is 10.1 Å². The van der Waals surface area contributed by atoms with Gasteiger partial charge in [0.2, 0.25) is 5.82 Å². The summed E-state index contributed by atoms with van der Waals surface area (Å²) in [5.74, 6) is 1.02. The molecule has 0 aliphatic heterocycles. The van der Waals surface area contributed by atoms with Crippen LogP contribution in [0.4, 0.5) is 11.5 Å². The maximum atomic E-state index is 10.9. The number of ether oxygens (including phenoxy) is 1. The molecule has 0 radical (unpaired) electrons. The van der Waals surface area contributed by atoms with Gasteiger partial charge in [0.05, 0.1) is 11.5 Å². The molecule has 0 fully saturated rings. The molecule has 6 nitrogen and oxygen atoms in total. The quantitative estimate of drug-likeness (QED) is 0.646.